The molecule has 1 heterocycles. The molecule has 1 rings (SSSR count). The van der Waals surface area contributed by atoms with Crippen molar-refractivity contribution in [2.24, 2.45) is 5.16 Å². The van der Waals surface area contributed by atoms with Crippen molar-refractivity contribution in [2.75, 3.05) is 24.9 Å². The molecule has 0 bridgehead atoms. The molecule has 0 amide bonds. The van der Waals surface area contributed by atoms with Gasteiger partial charge >= 0.3 is 37.3 Å². The van der Waals surface area contributed by atoms with Crippen LogP contribution in [0.4, 0.5) is 5.13 Å². The molecule has 1 aromatic heterocycles. The van der Waals surface area contributed by atoms with Crippen molar-refractivity contribution in [3.63, 3.8) is 0 Å². The molecule has 0 aliphatic carbocycles. The smallest absolute Gasteiger partial charge is 0.543 e. The largest absolute Gasteiger partial charge is 1.00 e. The maximum Gasteiger partial charge on any atom is 1.00 e. The Morgan fingerprint density at radius 1 is 1.46 bits per heavy atom. The van der Waals surface area contributed by atoms with Gasteiger partial charge in [-0.25, -0.2) is 4.57 Å². The fraction of sp³-hybridized carbons (Fsp3) is 0.455. The SMILES string of the molecule is C=CCON=C(C(=O)[O-])c1nsc(NP(=O)(OCC)OCC)n1.[Na+]. The molecule has 0 aromatic carbocycles. The van der Waals surface area contributed by atoms with Gasteiger partial charge in [-0.2, -0.15) is 9.36 Å². The molecular formula is C11H16N4NaO6PS. The van der Waals surface area contributed by atoms with Gasteiger partial charge in [0.05, 0.1) is 19.2 Å². The maximum absolute atomic E-state index is 12.3. The first-order chi connectivity index (χ1) is 11.0. The summed E-state index contributed by atoms with van der Waals surface area (Å²) in [6.07, 6.45) is 1.39. The molecule has 0 saturated carbocycles. The van der Waals surface area contributed by atoms with E-state index in [1.54, 1.807) is 13.8 Å². The average Bonchev–Trinajstić information content (AvgIpc) is 2.91. The Labute approximate surface area is 165 Å². The van der Waals surface area contributed by atoms with E-state index in [0.717, 1.165) is 11.5 Å². The van der Waals surface area contributed by atoms with Crippen molar-refractivity contribution in [3.05, 3.63) is 18.5 Å². The van der Waals surface area contributed by atoms with Crippen LogP contribution in [0.25, 0.3) is 0 Å². The minimum absolute atomic E-state index is 0. The molecule has 24 heavy (non-hydrogen) atoms. The third-order valence-electron chi connectivity index (χ3n) is 2.01. The van der Waals surface area contributed by atoms with Crippen molar-refractivity contribution < 1.29 is 57.9 Å². The first-order valence-corrected chi connectivity index (χ1v) is 8.81. The molecule has 10 nitrogen and oxygen atoms in total. The number of carbonyl (C=O) groups is 1. The monoisotopic (exact) mass is 386 g/mol. The molecule has 0 aliphatic heterocycles. The Morgan fingerprint density at radius 2 is 2.08 bits per heavy atom. The van der Waals surface area contributed by atoms with E-state index in [0.29, 0.717) is 0 Å². The van der Waals surface area contributed by atoms with E-state index in [1.807, 2.05) is 0 Å². The molecule has 13 heteroatoms. The maximum atomic E-state index is 12.3. The van der Waals surface area contributed by atoms with Crippen molar-refractivity contribution in [2.45, 2.75) is 13.8 Å². The first-order valence-electron chi connectivity index (χ1n) is 6.49. The van der Waals surface area contributed by atoms with Gasteiger partial charge in [0.25, 0.3) is 0 Å². The van der Waals surface area contributed by atoms with Gasteiger partial charge in [0, 0.05) is 11.5 Å². The number of hydrogen-bond acceptors (Lipinski definition) is 10. The minimum atomic E-state index is -3.60. The number of carbonyl (C=O) groups excluding carboxylic acids is 1. The summed E-state index contributed by atoms with van der Waals surface area (Å²) in [5, 5.41) is 16.9. The van der Waals surface area contributed by atoms with Gasteiger partial charge in [0.2, 0.25) is 5.13 Å². The number of hydrogen-bond donors (Lipinski definition) is 1. The van der Waals surface area contributed by atoms with Gasteiger partial charge in [-0.3, -0.25) is 14.1 Å². The van der Waals surface area contributed by atoms with E-state index in [1.165, 1.54) is 6.08 Å². The van der Waals surface area contributed by atoms with Crippen LogP contribution in [0.5, 0.6) is 0 Å². The van der Waals surface area contributed by atoms with E-state index in [2.05, 4.69) is 26.2 Å². The Kier molecular flexibility index (Phi) is 11.3. The van der Waals surface area contributed by atoms with Crippen LogP contribution in [0.3, 0.4) is 0 Å². The van der Waals surface area contributed by atoms with Crippen LogP contribution in [0.2, 0.25) is 0 Å². The summed E-state index contributed by atoms with van der Waals surface area (Å²) in [6.45, 7) is 7.01. The predicted molar refractivity (Wildman–Crippen MR) is 82.1 cm³/mol. The third kappa shape index (κ3) is 7.39. The van der Waals surface area contributed by atoms with Crippen LogP contribution in [0, 0.1) is 0 Å². The first kappa shape index (κ1) is 23.2. The summed E-state index contributed by atoms with van der Waals surface area (Å²) in [6, 6.07) is 0. The molecule has 0 atom stereocenters. The van der Waals surface area contributed by atoms with Gasteiger partial charge in [0.1, 0.15) is 6.61 Å². The van der Waals surface area contributed by atoms with Gasteiger partial charge < -0.3 is 14.7 Å². The topological polar surface area (TPSA) is 135 Å². The summed E-state index contributed by atoms with van der Waals surface area (Å²) in [5.74, 6) is -1.86. The minimum Gasteiger partial charge on any atom is -0.543 e. The van der Waals surface area contributed by atoms with E-state index in [-0.39, 0.29) is 60.3 Å². The number of aliphatic carboxylic acids is 1. The van der Waals surface area contributed by atoms with Crippen molar-refractivity contribution >= 4 is 36.1 Å². The summed E-state index contributed by atoms with van der Waals surface area (Å²) in [7, 11) is -3.60. The van der Waals surface area contributed by atoms with Gasteiger partial charge in [-0.15, -0.1) is 0 Å². The van der Waals surface area contributed by atoms with Crippen molar-refractivity contribution in [3.8, 4) is 0 Å². The second kappa shape index (κ2) is 11.7. The fourth-order valence-corrected chi connectivity index (χ4v) is 3.34. The zero-order chi connectivity index (χ0) is 17.3. The van der Waals surface area contributed by atoms with Gasteiger partial charge in [0.15, 0.2) is 11.5 Å². The third-order valence-corrected chi connectivity index (χ3v) is 4.47. The normalized spacial score (nSPS) is 11.5. The summed E-state index contributed by atoms with van der Waals surface area (Å²) < 4.78 is 26.2. The quantitative estimate of drug-likeness (QED) is 0.112. The number of nitrogens with zero attached hydrogens (tertiary/aromatic N) is 3. The predicted octanol–water partition coefficient (Wildman–Crippen LogP) is -2.21. The van der Waals surface area contributed by atoms with E-state index in [9.17, 15) is 14.5 Å². The Morgan fingerprint density at radius 3 is 2.58 bits per heavy atom. The number of nitrogens with one attached hydrogen (secondary N) is 1. The molecule has 128 valence electrons. The Bertz CT molecular complexity index is 615. The Balaban J connectivity index is 0.00000529. The second-order valence-electron chi connectivity index (χ2n) is 3.68. The van der Waals surface area contributed by atoms with Crippen LogP contribution in [0.15, 0.2) is 17.8 Å². The van der Waals surface area contributed by atoms with E-state index < -0.39 is 19.4 Å². The van der Waals surface area contributed by atoms with Gasteiger partial charge in [-0.1, -0.05) is 17.8 Å². The number of oxime groups is 1. The number of rotatable bonds is 11. The van der Waals surface area contributed by atoms with Crippen molar-refractivity contribution in [1.29, 1.82) is 0 Å². The standard InChI is InChI=1S/C11H17N4O6PS.Na/c1-4-7-19-13-8(10(16)17)9-12-11(23-15-9)14-22(18,20-5-2)21-6-3;/h4H,1,5-7H2,2-3H3,(H,16,17)(H,12,14,15,18);/q;+1/p-1. The zero-order valence-corrected chi connectivity index (χ0v) is 17.3. The zero-order valence-electron chi connectivity index (χ0n) is 13.6. The molecular weight excluding hydrogens is 370 g/mol. The molecule has 1 N–H and O–H groups in total. The molecule has 0 radical (unpaired) electrons. The van der Waals surface area contributed by atoms with Crippen LogP contribution < -0.4 is 39.8 Å². The molecule has 1 aromatic rings. The van der Waals surface area contributed by atoms with Gasteiger partial charge in [-0.05, 0) is 13.8 Å². The molecule has 0 aliphatic rings. The molecule has 0 spiro atoms. The second-order valence-corrected chi connectivity index (χ2v) is 6.17. The van der Waals surface area contributed by atoms with Crippen molar-refractivity contribution in [1.82, 2.24) is 9.36 Å². The molecule has 0 saturated heterocycles. The summed E-state index contributed by atoms with van der Waals surface area (Å²) in [5.41, 5.74) is -0.598. The number of carboxylic acids is 1. The number of anilines is 1. The summed E-state index contributed by atoms with van der Waals surface area (Å²) >= 11 is 0.761. The summed E-state index contributed by atoms with van der Waals surface area (Å²) in [4.78, 5) is 19.6. The molecule has 0 unspecified atom stereocenters. The average molecular weight is 386 g/mol. The fourth-order valence-electron chi connectivity index (χ4n) is 1.25. The van der Waals surface area contributed by atoms with Crippen LogP contribution in [-0.2, 0) is 23.2 Å². The van der Waals surface area contributed by atoms with E-state index >= 15 is 0 Å². The van der Waals surface area contributed by atoms with Crippen LogP contribution >= 0.6 is 19.3 Å². The Hall–Kier alpha value is -0.810. The van der Waals surface area contributed by atoms with E-state index in [4.69, 9.17) is 13.9 Å². The number of carboxylic acid groups (broad SMARTS) is 1. The van der Waals surface area contributed by atoms with Crippen LogP contribution in [0.1, 0.15) is 19.7 Å². The molecule has 0 fully saturated rings. The van der Waals surface area contributed by atoms with Crippen LogP contribution in [-0.4, -0.2) is 40.9 Å². The number of aromatic nitrogens is 2.